The lowest BCUT2D eigenvalue weighted by molar-refractivity contribution is 0.00198. The number of hydrogen-bond acceptors (Lipinski definition) is 4. The molecule has 5 heteroatoms. The van der Waals surface area contributed by atoms with Gasteiger partial charge in [0.1, 0.15) is 5.60 Å². The van der Waals surface area contributed by atoms with Gasteiger partial charge in [-0.1, -0.05) is 0 Å². The fraction of sp³-hybridized carbons (Fsp3) is 0.909. The molecule has 0 aromatic rings. The van der Waals surface area contributed by atoms with E-state index in [1.54, 1.807) is 0 Å². The summed E-state index contributed by atoms with van der Waals surface area (Å²) in [7, 11) is 0. The van der Waals surface area contributed by atoms with Crippen molar-refractivity contribution in [2.45, 2.75) is 38.5 Å². The molecule has 1 amide bonds. The minimum Gasteiger partial charge on any atom is -0.444 e. The second-order valence-corrected chi connectivity index (χ2v) is 6.47. The van der Waals surface area contributed by atoms with Gasteiger partial charge in [0.25, 0.3) is 0 Å². The Balaban J connectivity index is 1.97. The van der Waals surface area contributed by atoms with Crippen LogP contribution in [0.5, 0.6) is 0 Å². The van der Waals surface area contributed by atoms with E-state index < -0.39 is 5.60 Å². The number of carbonyl (C=O) groups excluding carboxylic acids is 1. The number of nitrogens with zero attached hydrogens (tertiary/aromatic N) is 1. The van der Waals surface area contributed by atoms with Gasteiger partial charge in [0.2, 0.25) is 0 Å². The standard InChI is InChI=1S/C11H20N2O2S/c1-11(2,3)15-10(14)13(8-4-12-5-8)9-6-16-7-9/h8-9,12H,4-7H2,1-3H3. The number of ether oxygens (including phenoxy) is 1. The van der Waals surface area contributed by atoms with Crippen molar-refractivity contribution in [3.63, 3.8) is 0 Å². The molecule has 2 aliphatic rings. The number of thioether (sulfide) groups is 1. The second-order valence-electron chi connectivity index (χ2n) is 5.39. The number of carbonyl (C=O) groups is 1. The largest absolute Gasteiger partial charge is 0.444 e. The fourth-order valence-electron chi connectivity index (χ4n) is 1.76. The molecule has 4 nitrogen and oxygen atoms in total. The van der Waals surface area contributed by atoms with E-state index in [2.05, 4.69) is 5.32 Å². The van der Waals surface area contributed by atoms with Gasteiger partial charge in [0.15, 0.2) is 0 Å². The maximum Gasteiger partial charge on any atom is 0.410 e. The predicted molar refractivity (Wildman–Crippen MR) is 65.8 cm³/mol. The van der Waals surface area contributed by atoms with Crippen LogP contribution in [0.25, 0.3) is 0 Å². The van der Waals surface area contributed by atoms with E-state index in [-0.39, 0.29) is 6.09 Å². The molecule has 0 bridgehead atoms. The summed E-state index contributed by atoms with van der Waals surface area (Å²) >= 11 is 1.89. The first kappa shape index (κ1) is 12.0. The molecule has 0 radical (unpaired) electrons. The van der Waals surface area contributed by atoms with Crippen LogP contribution < -0.4 is 5.32 Å². The minimum atomic E-state index is -0.399. The molecule has 0 atom stereocenters. The topological polar surface area (TPSA) is 41.6 Å². The van der Waals surface area contributed by atoms with E-state index in [4.69, 9.17) is 4.74 Å². The minimum absolute atomic E-state index is 0.149. The van der Waals surface area contributed by atoms with Crippen LogP contribution in [0.2, 0.25) is 0 Å². The molecular weight excluding hydrogens is 224 g/mol. The molecule has 0 aliphatic carbocycles. The van der Waals surface area contributed by atoms with Crippen molar-refractivity contribution in [3.8, 4) is 0 Å². The molecule has 92 valence electrons. The number of nitrogens with one attached hydrogen (secondary N) is 1. The Hall–Kier alpha value is -0.420. The van der Waals surface area contributed by atoms with Gasteiger partial charge >= 0.3 is 6.09 Å². The summed E-state index contributed by atoms with van der Waals surface area (Å²) in [6.45, 7) is 7.55. The van der Waals surface area contributed by atoms with Gasteiger partial charge in [0.05, 0.1) is 12.1 Å². The van der Waals surface area contributed by atoms with Crippen LogP contribution in [0.3, 0.4) is 0 Å². The van der Waals surface area contributed by atoms with E-state index in [1.165, 1.54) is 0 Å². The molecular formula is C11H20N2O2S. The Morgan fingerprint density at radius 1 is 1.31 bits per heavy atom. The van der Waals surface area contributed by atoms with Crippen LogP contribution in [0.4, 0.5) is 4.79 Å². The average molecular weight is 244 g/mol. The maximum absolute atomic E-state index is 12.1. The van der Waals surface area contributed by atoms with Crippen LogP contribution in [-0.4, -0.2) is 53.3 Å². The Morgan fingerprint density at radius 2 is 1.94 bits per heavy atom. The van der Waals surface area contributed by atoms with Crippen molar-refractivity contribution in [1.82, 2.24) is 10.2 Å². The third-order valence-corrected chi connectivity index (χ3v) is 4.01. The molecule has 0 aromatic carbocycles. The van der Waals surface area contributed by atoms with Gasteiger partial charge in [-0.2, -0.15) is 11.8 Å². The summed E-state index contributed by atoms with van der Waals surface area (Å²) in [5, 5.41) is 3.21. The van der Waals surface area contributed by atoms with E-state index >= 15 is 0 Å². The lowest BCUT2D eigenvalue weighted by Gasteiger charge is -2.45. The highest BCUT2D eigenvalue weighted by atomic mass is 32.2. The molecule has 0 aromatic heterocycles. The molecule has 0 saturated carbocycles. The third kappa shape index (κ3) is 2.63. The van der Waals surface area contributed by atoms with E-state index in [9.17, 15) is 4.79 Å². The molecule has 2 aliphatic heterocycles. The highest BCUT2D eigenvalue weighted by Gasteiger charge is 2.39. The van der Waals surface area contributed by atoms with Gasteiger partial charge in [-0.25, -0.2) is 4.79 Å². The Morgan fingerprint density at radius 3 is 2.25 bits per heavy atom. The Kier molecular flexibility index (Phi) is 3.35. The van der Waals surface area contributed by atoms with E-state index in [1.807, 2.05) is 37.4 Å². The zero-order chi connectivity index (χ0) is 11.8. The van der Waals surface area contributed by atoms with E-state index in [0.717, 1.165) is 24.6 Å². The van der Waals surface area contributed by atoms with Crippen molar-refractivity contribution in [2.24, 2.45) is 0 Å². The quantitative estimate of drug-likeness (QED) is 0.795. The summed E-state index contributed by atoms with van der Waals surface area (Å²) in [6, 6.07) is 0.715. The summed E-state index contributed by atoms with van der Waals surface area (Å²) < 4.78 is 5.46. The number of hydrogen-bond donors (Lipinski definition) is 1. The highest BCUT2D eigenvalue weighted by molar-refractivity contribution is 8.00. The third-order valence-electron chi connectivity index (χ3n) is 2.77. The zero-order valence-electron chi connectivity index (χ0n) is 10.2. The zero-order valence-corrected chi connectivity index (χ0v) is 11.0. The van der Waals surface area contributed by atoms with Crippen LogP contribution in [0.1, 0.15) is 20.8 Å². The lowest BCUT2D eigenvalue weighted by atomic mass is 10.1. The van der Waals surface area contributed by atoms with Gasteiger partial charge in [0, 0.05) is 24.6 Å². The van der Waals surface area contributed by atoms with Gasteiger partial charge in [-0.15, -0.1) is 0 Å². The van der Waals surface area contributed by atoms with Crippen LogP contribution in [-0.2, 0) is 4.74 Å². The van der Waals surface area contributed by atoms with Crippen molar-refractivity contribution in [1.29, 1.82) is 0 Å². The summed E-state index contributed by atoms with van der Waals surface area (Å²) in [4.78, 5) is 14.0. The predicted octanol–water partition coefficient (Wildman–Crippen LogP) is 1.31. The first-order valence-electron chi connectivity index (χ1n) is 5.77. The fourth-order valence-corrected chi connectivity index (χ4v) is 2.53. The molecule has 0 unspecified atom stereocenters. The molecule has 1 N–H and O–H groups in total. The number of rotatable bonds is 2. The lowest BCUT2D eigenvalue weighted by Crippen LogP contribution is -2.64. The van der Waals surface area contributed by atoms with Crippen molar-refractivity contribution in [3.05, 3.63) is 0 Å². The Bertz CT molecular complexity index is 256. The normalized spacial score (nSPS) is 22.2. The van der Waals surface area contributed by atoms with Crippen molar-refractivity contribution in [2.75, 3.05) is 24.6 Å². The molecule has 2 fully saturated rings. The number of amides is 1. The first-order chi connectivity index (χ1) is 7.47. The van der Waals surface area contributed by atoms with Gasteiger partial charge in [-0.05, 0) is 20.8 Å². The first-order valence-corrected chi connectivity index (χ1v) is 6.92. The van der Waals surface area contributed by atoms with Crippen LogP contribution in [0, 0.1) is 0 Å². The molecule has 2 saturated heterocycles. The summed E-state index contributed by atoms with van der Waals surface area (Å²) in [5.41, 5.74) is -0.399. The smallest absolute Gasteiger partial charge is 0.410 e. The molecule has 2 heterocycles. The second kappa shape index (κ2) is 4.45. The van der Waals surface area contributed by atoms with Crippen LogP contribution >= 0.6 is 11.8 Å². The highest BCUT2D eigenvalue weighted by Crippen LogP contribution is 2.27. The monoisotopic (exact) mass is 244 g/mol. The van der Waals surface area contributed by atoms with Crippen LogP contribution in [0.15, 0.2) is 0 Å². The SMILES string of the molecule is CC(C)(C)OC(=O)N(C1CNC1)C1CSC1. The average Bonchev–Trinajstić information content (AvgIpc) is 1.92. The molecule has 0 spiro atoms. The maximum atomic E-state index is 12.1. The van der Waals surface area contributed by atoms with Crippen molar-refractivity contribution < 1.29 is 9.53 Å². The van der Waals surface area contributed by atoms with Crippen molar-refractivity contribution >= 4 is 17.9 Å². The van der Waals surface area contributed by atoms with Gasteiger partial charge < -0.3 is 10.1 Å². The molecule has 2 rings (SSSR count). The van der Waals surface area contributed by atoms with Gasteiger partial charge in [-0.3, -0.25) is 4.90 Å². The Labute approximate surface area is 101 Å². The van der Waals surface area contributed by atoms with E-state index in [0.29, 0.717) is 12.1 Å². The summed E-state index contributed by atoms with van der Waals surface area (Å²) in [5.74, 6) is 2.10. The summed E-state index contributed by atoms with van der Waals surface area (Å²) in [6.07, 6.45) is -0.149. The molecule has 16 heavy (non-hydrogen) atoms.